The third-order valence-electron chi connectivity index (χ3n) is 7.05. The topological polar surface area (TPSA) is 84.9 Å². The van der Waals surface area contributed by atoms with Crippen LogP contribution < -0.4 is 5.32 Å². The number of carbonyl (C=O) groups excluding carboxylic acids is 3. The zero-order chi connectivity index (χ0) is 27.8. The third kappa shape index (κ3) is 12.6. The number of methoxy groups -OCH3 is 1. The highest BCUT2D eigenvalue weighted by atomic mass is 16.5. The van der Waals surface area contributed by atoms with Crippen LogP contribution in [0.15, 0.2) is 0 Å². The fraction of sp³-hybridized carbons (Fsp3) is 0.897. The van der Waals surface area contributed by atoms with Gasteiger partial charge in [0.05, 0.1) is 12.5 Å². The maximum absolute atomic E-state index is 12.8. The number of carbonyl (C=O) groups is 3. The van der Waals surface area contributed by atoms with Gasteiger partial charge in [0.1, 0.15) is 0 Å². The molecule has 1 saturated heterocycles. The average molecular weight is 511 g/mol. The maximum Gasteiger partial charge on any atom is 0.306 e. The summed E-state index contributed by atoms with van der Waals surface area (Å²) in [6, 6.07) is 0. The van der Waals surface area contributed by atoms with E-state index in [4.69, 9.17) is 9.47 Å². The summed E-state index contributed by atoms with van der Waals surface area (Å²) in [6.07, 6.45) is 5.70. The van der Waals surface area contributed by atoms with Crippen molar-refractivity contribution in [2.75, 3.05) is 33.4 Å². The van der Waals surface area contributed by atoms with Crippen molar-refractivity contribution >= 4 is 17.8 Å². The lowest BCUT2D eigenvalue weighted by Gasteiger charge is -2.35. The van der Waals surface area contributed by atoms with Gasteiger partial charge in [0.15, 0.2) is 6.61 Å². The van der Waals surface area contributed by atoms with Crippen LogP contribution in [0, 0.1) is 21.7 Å². The summed E-state index contributed by atoms with van der Waals surface area (Å²) in [6.45, 7) is 20.8. The van der Waals surface area contributed by atoms with Crippen LogP contribution in [0.25, 0.3) is 0 Å². The first-order valence-electron chi connectivity index (χ1n) is 13.6. The quantitative estimate of drug-likeness (QED) is 0.300. The van der Waals surface area contributed by atoms with Crippen LogP contribution in [0.2, 0.25) is 0 Å². The Kier molecular flexibility index (Phi) is 11.9. The highest BCUT2D eigenvalue weighted by Crippen LogP contribution is 2.39. The Morgan fingerprint density at radius 2 is 1.47 bits per heavy atom. The molecule has 0 aromatic rings. The minimum Gasteiger partial charge on any atom is -0.456 e. The molecule has 0 aromatic heterocycles. The van der Waals surface area contributed by atoms with E-state index in [1.165, 1.54) is 0 Å². The molecule has 1 aliphatic rings. The van der Waals surface area contributed by atoms with Gasteiger partial charge in [0.2, 0.25) is 5.91 Å². The van der Waals surface area contributed by atoms with Crippen molar-refractivity contribution in [1.82, 2.24) is 10.2 Å². The summed E-state index contributed by atoms with van der Waals surface area (Å²) in [5.74, 6) is -0.469. The Balaban J connectivity index is 2.44. The van der Waals surface area contributed by atoms with Crippen LogP contribution in [0.1, 0.15) is 107 Å². The molecule has 1 fully saturated rings. The monoisotopic (exact) mass is 510 g/mol. The fourth-order valence-electron chi connectivity index (χ4n) is 6.19. The second-order valence-corrected chi connectivity index (χ2v) is 14.0. The molecule has 210 valence electrons. The van der Waals surface area contributed by atoms with Crippen LogP contribution in [0.5, 0.6) is 0 Å². The minimum absolute atomic E-state index is 0.136. The van der Waals surface area contributed by atoms with Crippen LogP contribution in [0.4, 0.5) is 0 Å². The van der Waals surface area contributed by atoms with Crippen LogP contribution >= 0.6 is 0 Å². The van der Waals surface area contributed by atoms with E-state index in [2.05, 4.69) is 67.6 Å². The molecule has 1 rings (SSSR count). The van der Waals surface area contributed by atoms with E-state index >= 15 is 0 Å². The van der Waals surface area contributed by atoms with Crippen molar-refractivity contribution < 1.29 is 23.9 Å². The molecule has 0 bridgehead atoms. The van der Waals surface area contributed by atoms with Gasteiger partial charge >= 0.3 is 5.97 Å². The van der Waals surface area contributed by atoms with Gasteiger partial charge in [-0.2, -0.15) is 0 Å². The van der Waals surface area contributed by atoms with Gasteiger partial charge in [0.25, 0.3) is 5.91 Å². The molecular formula is C29H54N2O5. The van der Waals surface area contributed by atoms with Gasteiger partial charge < -0.3 is 19.7 Å². The Labute approximate surface area is 220 Å². The Hall–Kier alpha value is -1.63. The van der Waals surface area contributed by atoms with Gasteiger partial charge in [0, 0.05) is 33.2 Å². The third-order valence-corrected chi connectivity index (χ3v) is 7.05. The zero-order valence-electron chi connectivity index (χ0n) is 24.8. The number of esters is 1. The molecule has 2 amide bonds. The highest BCUT2D eigenvalue weighted by Gasteiger charge is 2.35. The van der Waals surface area contributed by atoms with Crippen LogP contribution in [-0.4, -0.2) is 62.1 Å². The van der Waals surface area contributed by atoms with E-state index in [9.17, 15) is 14.4 Å². The number of hydrogen-bond acceptors (Lipinski definition) is 5. The summed E-state index contributed by atoms with van der Waals surface area (Å²) in [5, 5.41) is 2.91. The van der Waals surface area contributed by atoms with Crippen molar-refractivity contribution in [3.05, 3.63) is 0 Å². The van der Waals surface area contributed by atoms with Gasteiger partial charge in [-0.3, -0.25) is 14.4 Å². The van der Waals surface area contributed by atoms with Gasteiger partial charge in [-0.05, 0) is 47.3 Å². The van der Waals surface area contributed by atoms with E-state index in [1.807, 2.05) is 4.90 Å². The predicted octanol–water partition coefficient (Wildman–Crippen LogP) is 5.36. The minimum atomic E-state index is -0.334. The smallest absolute Gasteiger partial charge is 0.306 e. The second kappa shape index (κ2) is 13.3. The lowest BCUT2D eigenvalue weighted by molar-refractivity contribution is -0.151. The molecule has 7 heteroatoms. The molecule has 1 aliphatic heterocycles. The largest absolute Gasteiger partial charge is 0.456 e. The first-order valence-corrected chi connectivity index (χ1v) is 13.6. The van der Waals surface area contributed by atoms with E-state index in [0.717, 1.165) is 38.6 Å². The van der Waals surface area contributed by atoms with E-state index < -0.39 is 0 Å². The lowest BCUT2D eigenvalue weighted by atomic mass is 9.71. The number of nitrogens with zero attached hydrogens (tertiary/aromatic N) is 1. The summed E-state index contributed by atoms with van der Waals surface area (Å²) in [4.78, 5) is 39.5. The number of hydrogen-bond donors (Lipinski definition) is 1. The van der Waals surface area contributed by atoms with Crippen molar-refractivity contribution in [3.63, 3.8) is 0 Å². The number of nitrogens with one attached hydrogen (secondary N) is 1. The first kappa shape index (κ1) is 32.4. The molecule has 7 nitrogen and oxygen atoms in total. The molecule has 0 aliphatic carbocycles. The highest BCUT2D eigenvalue weighted by molar-refractivity contribution is 5.80. The molecule has 0 radical (unpaired) electrons. The van der Waals surface area contributed by atoms with Crippen molar-refractivity contribution in [3.8, 4) is 0 Å². The molecule has 0 spiro atoms. The molecule has 36 heavy (non-hydrogen) atoms. The summed E-state index contributed by atoms with van der Waals surface area (Å²) in [5.41, 5.74) is -0.437. The normalized spacial score (nSPS) is 17.3. The number of ether oxygens (including phenoxy) is 2. The van der Waals surface area contributed by atoms with E-state index in [-0.39, 0.29) is 52.2 Å². The number of amides is 2. The standard InChI is InChI=1S/C29H54N2O5/c1-11-13-26(2,3)19-28(6,7)16-25(34)36-18-23(32)30-21-29(8,9)20-27(4,5)15-24(33)31-14-12-22(17-31)35-10/h22H,11-21H2,1-10H3,(H,30,32). The van der Waals surface area contributed by atoms with Crippen LogP contribution in [-0.2, 0) is 23.9 Å². The SMILES string of the molecule is CCCC(C)(C)CC(C)(C)CC(=O)OCC(=O)NCC(C)(C)CC(C)(C)CC(=O)N1CCC(OC)C1. The fourth-order valence-corrected chi connectivity index (χ4v) is 6.19. The summed E-state index contributed by atoms with van der Waals surface area (Å²) < 4.78 is 10.7. The van der Waals surface area contributed by atoms with Gasteiger partial charge in [-0.25, -0.2) is 0 Å². The Bertz CT molecular complexity index is 742. The van der Waals surface area contributed by atoms with Gasteiger partial charge in [-0.1, -0.05) is 68.7 Å². The Morgan fingerprint density at radius 1 is 0.889 bits per heavy atom. The molecule has 1 atom stereocenters. The molecule has 1 unspecified atom stereocenters. The lowest BCUT2D eigenvalue weighted by Crippen LogP contribution is -2.40. The van der Waals surface area contributed by atoms with Crippen LogP contribution in [0.3, 0.4) is 0 Å². The summed E-state index contributed by atoms with van der Waals surface area (Å²) >= 11 is 0. The van der Waals surface area contributed by atoms with E-state index in [1.54, 1.807) is 7.11 Å². The van der Waals surface area contributed by atoms with Crippen molar-refractivity contribution in [2.45, 2.75) is 113 Å². The predicted molar refractivity (Wildman–Crippen MR) is 144 cm³/mol. The average Bonchev–Trinajstić information content (AvgIpc) is 3.17. The van der Waals surface area contributed by atoms with E-state index in [0.29, 0.717) is 25.9 Å². The Morgan fingerprint density at radius 3 is 2.03 bits per heavy atom. The molecule has 1 N–H and O–H groups in total. The zero-order valence-corrected chi connectivity index (χ0v) is 24.8. The maximum atomic E-state index is 12.8. The van der Waals surface area contributed by atoms with Crippen molar-refractivity contribution in [1.29, 1.82) is 0 Å². The first-order chi connectivity index (χ1) is 16.4. The molecule has 0 aromatic carbocycles. The number of rotatable bonds is 15. The van der Waals surface area contributed by atoms with Gasteiger partial charge in [-0.15, -0.1) is 0 Å². The second-order valence-electron chi connectivity index (χ2n) is 14.0. The van der Waals surface area contributed by atoms with Crippen molar-refractivity contribution in [2.24, 2.45) is 21.7 Å². The molecular weight excluding hydrogens is 456 g/mol. The molecule has 0 saturated carbocycles. The number of likely N-dealkylation sites (tertiary alicyclic amines) is 1. The summed E-state index contributed by atoms with van der Waals surface area (Å²) in [7, 11) is 1.69. The molecule has 1 heterocycles.